The number of urea groups is 1. The van der Waals surface area contributed by atoms with Crippen LogP contribution in [0.3, 0.4) is 0 Å². The number of carbonyl (C=O) groups excluding carboxylic acids is 2. The van der Waals surface area contributed by atoms with E-state index < -0.39 is 5.91 Å². The van der Waals surface area contributed by atoms with Crippen molar-refractivity contribution in [1.82, 2.24) is 10.3 Å². The Morgan fingerprint density at radius 2 is 1.92 bits per heavy atom. The van der Waals surface area contributed by atoms with E-state index in [1.165, 1.54) is 6.42 Å². The Morgan fingerprint density at radius 3 is 2.62 bits per heavy atom. The highest BCUT2D eigenvalue weighted by Gasteiger charge is 2.17. The minimum atomic E-state index is -0.521. The summed E-state index contributed by atoms with van der Waals surface area (Å²) in [6.07, 6.45) is 5.12. The van der Waals surface area contributed by atoms with Crippen molar-refractivity contribution in [3.05, 3.63) is 53.9 Å². The molecule has 1 fully saturated rings. The maximum Gasteiger partial charge on any atom is 0.319 e. The molecular weight excluding hydrogens is 330 g/mol. The molecule has 0 spiro atoms. The number of pyridine rings is 1. The van der Waals surface area contributed by atoms with Gasteiger partial charge in [-0.2, -0.15) is 0 Å². The Kier molecular flexibility index (Phi) is 5.68. The fraction of sp³-hybridized carbons (Fsp3) is 0.316. The highest BCUT2D eigenvalue weighted by Crippen LogP contribution is 2.29. The first-order chi connectivity index (χ1) is 12.6. The molecule has 1 aromatic heterocycles. The second kappa shape index (κ2) is 8.33. The topological polar surface area (TPSA) is 100 Å². The Bertz CT molecular complexity index is 773. The van der Waals surface area contributed by atoms with Gasteiger partial charge in [0.05, 0.1) is 23.6 Å². The number of piperidine rings is 1. The van der Waals surface area contributed by atoms with Gasteiger partial charge in [-0.05, 0) is 49.6 Å². The maximum absolute atomic E-state index is 12.3. The summed E-state index contributed by atoms with van der Waals surface area (Å²) < 4.78 is 0. The summed E-state index contributed by atoms with van der Waals surface area (Å²) in [5.74, 6) is -0.521. The van der Waals surface area contributed by atoms with E-state index in [9.17, 15) is 9.59 Å². The fourth-order valence-electron chi connectivity index (χ4n) is 3.04. The van der Waals surface area contributed by atoms with Gasteiger partial charge in [0.1, 0.15) is 0 Å². The number of hydrogen-bond donors (Lipinski definition) is 3. The molecule has 3 amide bonds. The lowest BCUT2D eigenvalue weighted by atomic mass is 10.1. The zero-order valence-electron chi connectivity index (χ0n) is 14.6. The minimum absolute atomic E-state index is 0.321. The van der Waals surface area contributed by atoms with Crippen molar-refractivity contribution < 1.29 is 9.59 Å². The molecule has 7 heteroatoms. The molecule has 0 unspecified atom stereocenters. The molecule has 3 rings (SSSR count). The van der Waals surface area contributed by atoms with Crippen molar-refractivity contribution in [3.8, 4) is 0 Å². The quantitative estimate of drug-likeness (QED) is 0.769. The summed E-state index contributed by atoms with van der Waals surface area (Å²) >= 11 is 0. The molecule has 0 atom stereocenters. The van der Waals surface area contributed by atoms with Crippen LogP contribution in [0.1, 0.15) is 35.3 Å². The molecule has 0 radical (unpaired) electrons. The Hall–Kier alpha value is -3.09. The van der Waals surface area contributed by atoms with Crippen molar-refractivity contribution in [2.75, 3.05) is 23.3 Å². The van der Waals surface area contributed by atoms with Gasteiger partial charge in [0.2, 0.25) is 5.91 Å². The first kappa shape index (κ1) is 17.7. The second-order valence-corrected chi connectivity index (χ2v) is 6.27. The molecule has 1 aliphatic heterocycles. The number of rotatable bonds is 5. The van der Waals surface area contributed by atoms with Gasteiger partial charge in [-0.15, -0.1) is 0 Å². The molecule has 136 valence electrons. The van der Waals surface area contributed by atoms with Gasteiger partial charge in [-0.3, -0.25) is 9.78 Å². The van der Waals surface area contributed by atoms with E-state index in [0.29, 0.717) is 17.8 Å². The predicted molar refractivity (Wildman–Crippen MR) is 101 cm³/mol. The first-order valence-corrected chi connectivity index (χ1v) is 8.77. The third-order valence-electron chi connectivity index (χ3n) is 4.38. The van der Waals surface area contributed by atoms with E-state index in [2.05, 4.69) is 20.5 Å². The van der Waals surface area contributed by atoms with E-state index in [0.717, 1.165) is 37.3 Å². The summed E-state index contributed by atoms with van der Waals surface area (Å²) in [7, 11) is 0. The predicted octanol–water partition coefficient (Wildman–Crippen LogP) is 2.49. The minimum Gasteiger partial charge on any atom is -0.370 e. The van der Waals surface area contributed by atoms with Gasteiger partial charge in [0, 0.05) is 24.8 Å². The number of nitrogens with zero attached hydrogens (tertiary/aromatic N) is 2. The van der Waals surface area contributed by atoms with Gasteiger partial charge < -0.3 is 21.3 Å². The molecule has 0 saturated carbocycles. The van der Waals surface area contributed by atoms with Crippen molar-refractivity contribution in [3.63, 3.8) is 0 Å². The monoisotopic (exact) mass is 353 g/mol. The molecule has 0 aliphatic carbocycles. The Morgan fingerprint density at radius 1 is 1.12 bits per heavy atom. The van der Waals surface area contributed by atoms with Crippen LogP contribution in [0.15, 0.2) is 42.6 Å². The van der Waals surface area contributed by atoms with Gasteiger partial charge in [0.15, 0.2) is 0 Å². The summed E-state index contributed by atoms with van der Waals surface area (Å²) in [5.41, 5.74) is 8.01. The highest BCUT2D eigenvalue weighted by molar-refractivity contribution is 5.98. The fourth-order valence-corrected chi connectivity index (χ4v) is 3.04. The number of anilines is 2. The van der Waals surface area contributed by atoms with Gasteiger partial charge >= 0.3 is 6.03 Å². The number of primary amides is 1. The maximum atomic E-state index is 12.3. The zero-order valence-corrected chi connectivity index (χ0v) is 14.6. The molecular formula is C19H23N5O2. The zero-order chi connectivity index (χ0) is 18.4. The number of benzene rings is 1. The van der Waals surface area contributed by atoms with E-state index in [1.807, 2.05) is 24.3 Å². The van der Waals surface area contributed by atoms with Crippen molar-refractivity contribution in [1.29, 1.82) is 0 Å². The lowest BCUT2D eigenvalue weighted by Crippen LogP contribution is -2.33. The number of carbonyl (C=O) groups is 2. The third-order valence-corrected chi connectivity index (χ3v) is 4.38. The summed E-state index contributed by atoms with van der Waals surface area (Å²) in [6.45, 7) is 2.18. The molecule has 4 N–H and O–H groups in total. The molecule has 1 aromatic carbocycles. The highest BCUT2D eigenvalue weighted by atomic mass is 16.2. The van der Waals surface area contributed by atoms with Crippen LogP contribution in [0, 0.1) is 0 Å². The van der Waals surface area contributed by atoms with Crippen LogP contribution in [0.25, 0.3) is 0 Å². The average molecular weight is 353 g/mol. The number of nitrogens with two attached hydrogens (primary N) is 1. The molecule has 2 aromatic rings. The van der Waals surface area contributed by atoms with Crippen LogP contribution < -0.4 is 21.3 Å². The Balaban J connectivity index is 1.74. The van der Waals surface area contributed by atoms with Gasteiger partial charge in [0.25, 0.3) is 0 Å². The molecule has 0 bridgehead atoms. The van der Waals surface area contributed by atoms with Crippen LogP contribution in [-0.4, -0.2) is 30.0 Å². The third kappa shape index (κ3) is 4.50. The average Bonchev–Trinajstić information content (AvgIpc) is 2.68. The molecule has 1 saturated heterocycles. The standard InChI is InChI=1S/C19H23N5O2/c20-18(25)14-7-8-17(24-10-4-1-5-11-24)16(12-14)23-19(26)22-13-15-6-2-3-9-21-15/h2-3,6-9,12H,1,4-5,10-11,13H2,(H2,20,25)(H2,22,23,26). The smallest absolute Gasteiger partial charge is 0.319 e. The van der Waals surface area contributed by atoms with Crippen molar-refractivity contribution in [2.24, 2.45) is 5.73 Å². The molecule has 1 aliphatic rings. The van der Waals surface area contributed by atoms with Crippen LogP contribution in [-0.2, 0) is 6.54 Å². The first-order valence-electron chi connectivity index (χ1n) is 8.77. The van der Waals surface area contributed by atoms with E-state index in [4.69, 9.17) is 5.73 Å². The molecule has 7 nitrogen and oxygen atoms in total. The summed E-state index contributed by atoms with van der Waals surface area (Å²) in [5, 5.41) is 5.63. The number of hydrogen-bond acceptors (Lipinski definition) is 4. The molecule has 26 heavy (non-hydrogen) atoms. The van der Waals surface area contributed by atoms with Gasteiger partial charge in [-0.25, -0.2) is 4.79 Å². The van der Waals surface area contributed by atoms with Gasteiger partial charge in [-0.1, -0.05) is 6.07 Å². The normalized spacial score (nSPS) is 13.9. The van der Waals surface area contributed by atoms with Crippen LogP contribution in [0.2, 0.25) is 0 Å². The SMILES string of the molecule is NC(=O)c1ccc(N2CCCCC2)c(NC(=O)NCc2ccccn2)c1. The number of amides is 3. The van der Waals surface area contributed by atoms with E-state index in [1.54, 1.807) is 18.3 Å². The summed E-state index contributed by atoms with van der Waals surface area (Å²) in [4.78, 5) is 30.2. The lowest BCUT2D eigenvalue weighted by molar-refractivity contribution is 0.100. The van der Waals surface area contributed by atoms with Crippen molar-refractivity contribution >= 4 is 23.3 Å². The van der Waals surface area contributed by atoms with Crippen LogP contribution in [0.5, 0.6) is 0 Å². The molecule has 2 heterocycles. The number of aromatic nitrogens is 1. The Labute approximate surface area is 152 Å². The van der Waals surface area contributed by atoms with E-state index >= 15 is 0 Å². The largest absolute Gasteiger partial charge is 0.370 e. The number of nitrogens with one attached hydrogen (secondary N) is 2. The van der Waals surface area contributed by atoms with Crippen molar-refractivity contribution in [2.45, 2.75) is 25.8 Å². The second-order valence-electron chi connectivity index (χ2n) is 6.27. The van der Waals surface area contributed by atoms with Crippen LogP contribution >= 0.6 is 0 Å². The van der Waals surface area contributed by atoms with E-state index in [-0.39, 0.29) is 6.03 Å². The van der Waals surface area contributed by atoms with Crippen LogP contribution in [0.4, 0.5) is 16.2 Å². The summed E-state index contributed by atoms with van der Waals surface area (Å²) in [6, 6.07) is 10.4. The lowest BCUT2D eigenvalue weighted by Gasteiger charge is -2.30.